The first-order chi connectivity index (χ1) is 34.7. The van der Waals surface area contributed by atoms with Gasteiger partial charge in [-0.15, -0.1) is 0 Å². The van der Waals surface area contributed by atoms with E-state index in [2.05, 4.69) is 17.1 Å². The van der Waals surface area contributed by atoms with Crippen LogP contribution < -0.4 is 11.5 Å². The predicted octanol–water partition coefficient (Wildman–Crippen LogP) is 2.72. The summed E-state index contributed by atoms with van der Waals surface area (Å²) in [6.45, 7) is 11.1. The molecule has 2 bridgehead atoms. The third-order valence-electron chi connectivity index (χ3n) is 14.2. The van der Waals surface area contributed by atoms with Crippen molar-refractivity contribution < 1.29 is 84.8 Å². The highest BCUT2D eigenvalue weighted by molar-refractivity contribution is 5.90. The molecule has 18 atom stereocenters. The highest BCUT2D eigenvalue weighted by Crippen LogP contribution is 2.36. The lowest BCUT2D eigenvalue weighted by Gasteiger charge is -2.45. The summed E-state index contributed by atoms with van der Waals surface area (Å²) < 4.78 is 17.3. The van der Waals surface area contributed by atoms with Gasteiger partial charge in [-0.2, -0.15) is 0 Å². The molecule has 20 heteroatoms. The third kappa shape index (κ3) is 25.2. The Hall–Kier alpha value is -4.06. The maximum absolute atomic E-state index is 13.2. The van der Waals surface area contributed by atoms with Crippen LogP contribution in [0.3, 0.4) is 0 Å². The van der Waals surface area contributed by atoms with Crippen LogP contribution in [0.15, 0.2) is 65.2 Å². The lowest BCUT2D eigenvalue weighted by Crippen LogP contribution is -2.60. The van der Waals surface area contributed by atoms with Gasteiger partial charge in [0.2, 0.25) is 0 Å². The van der Waals surface area contributed by atoms with Crippen LogP contribution in [-0.4, -0.2) is 166 Å². The zero-order chi connectivity index (χ0) is 55.7. The first kappa shape index (κ1) is 66.1. The van der Waals surface area contributed by atoms with Crippen molar-refractivity contribution in [3.8, 4) is 0 Å². The minimum Gasteiger partial charge on any atom is -0.481 e. The Balaban J connectivity index is 2.41. The molecule has 0 aromatic heterocycles. The number of rotatable bonds is 12. The first-order valence-corrected chi connectivity index (χ1v) is 26.3. The number of aliphatic hydroxyl groups is 10. The number of carbonyl (C=O) groups is 3. The topological polar surface area (TPSA) is 366 Å². The van der Waals surface area contributed by atoms with Gasteiger partial charge in [0, 0.05) is 68.9 Å². The number of carbonyl (C=O) groups excluding carboxylic acids is 2. The Morgan fingerprint density at radius 1 is 0.797 bits per heavy atom. The van der Waals surface area contributed by atoms with Crippen molar-refractivity contribution in [1.82, 2.24) is 0 Å². The maximum atomic E-state index is 13.2. The number of hydrogen-bond acceptors (Lipinski definition) is 17. The Morgan fingerprint density at radius 3 is 2.11 bits per heavy atom. The number of esters is 2. The Morgan fingerprint density at radius 2 is 1.45 bits per heavy atom. The standard InChI is InChI=1S/C54H91N3O17/c1-32-16-12-13-20-49(68)73-51(35(4)17-11-9-7-8-10-14-23-57-53(55)56)36(5)19-15-18-33(2)43(61)26-39(59)24-38(58)25-40(72-50(69)30-48(66)67)27-41-28-46(64)52(70)54(71,74-41)31-47(65)34(3)21-22-42(60)37(6)45(63)29-44(32)62/h7-8,12-13,15-16,18-20,32,34-47,51-52,58-65,70-71H,9-11,14,17,21-31H2,1-6H3,(H,66,67)(H4,55,56,57). The lowest BCUT2D eigenvalue weighted by molar-refractivity contribution is -0.333. The van der Waals surface area contributed by atoms with Gasteiger partial charge in [0.25, 0.3) is 0 Å². The lowest BCUT2D eigenvalue weighted by atomic mass is 9.84. The summed E-state index contributed by atoms with van der Waals surface area (Å²) in [5, 5.41) is 120. The van der Waals surface area contributed by atoms with E-state index in [4.69, 9.17) is 25.7 Å². The van der Waals surface area contributed by atoms with Crippen molar-refractivity contribution in [3.63, 3.8) is 0 Å². The molecule has 0 aromatic rings. The number of fused-ring (bicyclic) bond motifs is 2. The largest absolute Gasteiger partial charge is 0.481 e. The predicted molar refractivity (Wildman–Crippen MR) is 277 cm³/mol. The van der Waals surface area contributed by atoms with Gasteiger partial charge in [-0.05, 0) is 75.7 Å². The molecule has 424 valence electrons. The van der Waals surface area contributed by atoms with Gasteiger partial charge in [0.05, 0.1) is 54.9 Å². The smallest absolute Gasteiger partial charge is 0.331 e. The SMILES string of the molecule is CC1=CC=CC(C)C(C(C)CCCC=CCCCN=C(N)N)OC(=O)C=CC=CC(C)C(O)CC(O)C(C)C(O)CCC(C)C(O)CC2(O)OC(CC(OC(=O)CC(=O)O)CC(O)CC(O)CC1O)CC(O)C2O. The van der Waals surface area contributed by atoms with Crippen LogP contribution in [0.25, 0.3) is 0 Å². The number of nitrogens with zero attached hydrogens (tertiary/aromatic N) is 1. The van der Waals surface area contributed by atoms with Crippen molar-refractivity contribution in [2.24, 2.45) is 46.0 Å². The molecule has 2 aliphatic rings. The van der Waals surface area contributed by atoms with E-state index in [1.165, 1.54) is 12.2 Å². The highest BCUT2D eigenvalue weighted by Gasteiger charge is 2.50. The average molecular weight is 1050 g/mol. The number of aliphatic carboxylic acids is 1. The van der Waals surface area contributed by atoms with Gasteiger partial charge in [-0.25, -0.2) is 4.79 Å². The fraction of sp³-hybridized carbons (Fsp3) is 0.741. The molecular formula is C54H91N3O17. The summed E-state index contributed by atoms with van der Waals surface area (Å²) >= 11 is 0. The average Bonchev–Trinajstić information content (AvgIpc) is 3.30. The summed E-state index contributed by atoms with van der Waals surface area (Å²) in [4.78, 5) is 41.1. The van der Waals surface area contributed by atoms with Gasteiger partial charge < -0.3 is 81.8 Å². The van der Waals surface area contributed by atoms with Crippen molar-refractivity contribution in [1.29, 1.82) is 0 Å². The molecule has 0 saturated carbocycles. The number of carboxylic acid groups (broad SMARTS) is 1. The molecule has 2 rings (SSSR count). The van der Waals surface area contributed by atoms with E-state index in [0.29, 0.717) is 12.1 Å². The van der Waals surface area contributed by atoms with Crippen molar-refractivity contribution in [2.75, 3.05) is 6.54 Å². The quantitative estimate of drug-likeness (QED) is 0.0334. The summed E-state index contributed by atoms with van der Waals surface area (Å²) in [5.41, 5.74) is 11.3. The molecule has 15 N–H and O–H groups in total. The molecule has 0 aromatic carbocycles. The van der Waals surface area contributed by atoms with E-state index >= 15 is 0 Å². The summed E-state index contributed by atoms with van der Waals surface area (Å²) in [6, 6.07) is 0. The number of allylic oxidation sites excluding steroid dienone is 6. The zero-order valence-electron chi connectivity index (χ0n) is 44.3. The molecule has 20 nitrogen and oxygen atoms in total. The number of carboxylic acids is 1. The fourth-order valence-corrected chi connectivity index (χ4v) is 9.23. The second-order valence-electron chi connectivity index (χ2n) is 20.9. The third-order valence-corrected chi connectivity index (χ3v) is 14.2. The number of hydrogen-bond donors (Lipinski definition) is 13. The van der Waals surface area contributed by atoms with Crippen LogP contribution in [0.1, 0.15) is 138 Å². The number of ether oxygens (including phenoxy) is 3. The highest BCUT2D eigenvalue weighted by atomic mass is 16.7. The fourth-order valence-electron chi connectivity index (χ4n) is 9.23. The van der Waals surface area contributed by atoms with Crippen LogP contribution >= 0.6 is 0 Å². The Labute approximate surface area is 437 Å². The van der Waals surface area contributed by atoms with E-state index in [1.807, 2.05) is 19.9 Å². The number of aliphatic hydroxyl groups excluding tert-OH is 9. The molecule has 0 radical (unpaired) electrons. The molecule has 2 heterocycles. The number of guanidine groups is 1. The molecule has 2 aliphatic heterocycles. The molecule has 1 saturated heterocycles. The monoisotopic (exact) mass is 1050 g/mol. The second-order valence-corrected chi connectivity index (χ2v) is 20.9. The van der Waals surface area contributed by atoms with Crippen LogP contribution in [0.5, 0.6) is 0 Å². The van der Waals surface area contributed by atoms with Crippen molar-refractivity contribution in [2.45, 2.75) is 217 Å². The van der Waals surface area contributed by atoms with E-state index in [-0.39, 0.29) is 69.2 Å². The second kappa shape index (κ2) is 33.9. The molecule has 0 aliphatic carbocycles. The van der Waals surface area contributed by atoms with Gasteiger partial charge in [0.1, 0.15) is 24.7 Å². The van der Waals surface area contributed by atoms with Crippen LogP contribution in [0, 0.1) is 29.6 Å². The number of cyclic esters (lactones) is 1. The Bertz CT molecular complexity index is 1860. The summed E-state index contributed by atoms with van der Waals surface area (Å²) in [6.07, 6.45) is 1.87. The van der Waals surface area contributed by atoms with E-state index < -0.39 is 128 Å². The zero-order valence-corrected chi connectivity index (χ0v) is 44.3. The normalized spacial score (nSPS) is 35.9. The van der Waals surface area contributed by atoms with Crippen LogP contribution in [0.2, 0.25) is 0 Å². The van der Waals surface area contributed by atoms with Gasteiger partial charge in [-0.3, -0.25) is 14.6 Å². The number of unbranched alkanes of at least 4 members (excludes halogenated alkanes) is 2. The van der Waals surface area contributed by atoms with E-state index in [9.17, 15) is 70.6 Å². The van der Waals surface area contributed by atoms with Gasteiger partial charge in [0.15, 0.2) is 11.7 Å². The Kier molecular flexibility index (Phi) is 30.2. The first-order valence-electron chi connectivity index (χ1n) is 26.3. The molecule has 74 heavy (non-hydrogen) atoms. The van der Waals surface area contributed by atoms with Crippen molar-refractivity contribution in [3.05, 3.63) is 60.3 Å². The van der Waals surface area contributed by atoms with Crippen LogP contribution in [-0.2, 0) is 28.6 Å². The van der Waals surface area contributed by atoms with Crippen LogP contribution in [0.4, 0.5) is 0 Å². The minimum atomic E-state index is -2.52. The van der Waals surface area contributed by atoms with Gasteiger partial charge in [-0.1, -0.05) is 83.2 Å². The molecule has 0 spiro atoms. The minimum absolute atomic E-state index is 0.0617. The van der Waals surface area contributed by atoms with Gasteiger partial charge >= 0.3 is 17.9 Å². The van der Waals surface area contributed by atoms with E-state index in [0.717, 1.165) is 32.1 Å². The molecular weight excluding hydrogens is 963 g/mol. The molecule has 1 fully saturated rings. The van der Waals surface area contributed by atoms with Crippen molar-refractivity contribution >= 4 is 23.9 Å². The maximum Gasteiger partial charge on any atom is 0.331 e. The number of aliphatic imine (C=N–C) groups is 1. The molecule has 18 unspecified atom stereocenters. The van der Waals surface area contributed by atoms with E-state index in [1.54, 1.807) is 52.0 Å². The number of nitrogens with two attached hydrogens (primary N) is 2. The molecule has 0 amide bonds. The summed E-state index contributed by atoms with van der Waals surface area (Å²) in [7, 11) is 0. The summed E-state index contributed by atoms with van der Waals surface area (Å²) in [5.74, 6) is -7.80.